The summed E-state index contributed by atoms with van der Waals surface area (Å²) >= 11 is 7.40. The summed E-state index contributed by atoms with van der Waals surface area (Å²) < 4.78 is 5.81. The minimum atomic E-state index is -0.0587. The second kappa shape index (κ2) is 7.43. The van der Waals surface area contributed by atoms with E-state index in [1.54, 1.807) is 18.4 Å². The summed E-state index contributed by atoms with van der Waals surface area (Å²) in [6, 6.07) is 11.3. The van der Waals surface area contributed by atoms with Crippen molar-refractivity contribution in [3.63, 3.8) is 0 Å². The van der Waals surface area contributed by atoms with Crippen molar-refractivity contribution in [3.8, 4) is 0 Å². The average Bonchev–Trinajstić information content (AvgIpc) is 2.85. The maximum Gasteiger partial charge on any atom is 0.251 e. The summed E-state index contributed by atoms with van der Waals surface area (Å²) in [5, 5.41) is 2.90. The lowest BCUT2D eigenvalue weighted by atomic mass is 10.1. The van der Waals surface area contributed by atoms with Crippen LogP contribution in [0.1, 0.15) is 20.8 Å². The van der Waals surface area contributed by atoms with Crippen LogP contribution in [-0.2, 0) is 17.8 Å². The van der Waals surface area contributed by atoms with E-state index in [2.05, 4.69) is 5.32 Å². The molecule has 0 spiro atoms. The van der Waals surface area contributed by atoms with Gasteiger partial charge in [0.05, 0.1) is 10.9 Å². The number of thiophene rings is 1. The van der Waals surface area contributed by atoms with Crippen molar-refractivity contribution in [1.82, 2.24) is 5.32 Å². The van der Waals surface area contributed by atoms with E-state index in [0.29, 0.717) is 18.7 Å². The van der Waals surface area contributed by atoms with Crippen LogP contribution in [0.2, 0.25) is 4.34 Å². The zero-order chi connectivity index (χ0) is 14.4. The van der Waals surface area contributed by atoms with Gasteiger partial charge < -0.3 is 10.1 Å². The molecule has 5 heteroatoms. The summed E-state index contributed by atoms with van der Waals surface area (Å²) in [6.07, 6.45) is 0.797. The molecule has 0 saturated carbocycles. The molecule has 2 aromatic rings. The molecule has 0 radical (unpaired) electrons. The number of hydrogen-bond acceptors (Lipinski definition) is 3. The number of rotatable bonds is 6. The Kier molecular flexibility index (Phi) is 5.59. The second-order valence-corrected chi connectivity index (χ2v) is 6.14. The lowest BCUT2D eigenvalue weighted by Gasteiger charge is -2.05. The van der Waals surface area contributed by atoms with Crippen molar-refractivity contribution in [3.05, 3.63) is 56.7 Å². The quantitative estimate of drug-likeness (QED) is 0.886. The minimum Gasteiger partial charge on any atom is -0.380 e. The van der Waals surface area contributed by atoms with Gasteiger partial charge in [-0.1, -0.05) is 23.7 Å². The number of methoxy groups -OCH3 is 1. The Hall–Kier alpha value is -1.36. The fourth-order valence-corrected chi connectivity index (χ4v) is 2.89. The third-order valence-electron chi connectivity index (χ3n) is 2.81. The van der Waals surface area contributed by atoms with Crippen LogP contribution in [0.5, 0.6) is 0 Å². The molecule has 0 unspecified atom stereocenters. The van der Waals surface area contributed by atoms with Gasteiger partial charge in [0.1, 0.15) is 0 Å². The van der Waals surface area contributed by atoms with Crippen molar-refractivity contribution in [2.75, 3.05) is 13.7 Å². The number of ether oxygens (including phenoxy) is 1. The fraction of sp³-hybridized carbons (Fsp3) is 0.267. The van der Waals surface area contributed by atoms with E-state index in [0.717, 1.165) is 16.3 Å². The zero-order valence-corrected chi connectivity index (χ0v) is 12.8. The Morgan fingerprint density at radius 2 is 2.00 bits per heavy atom. The van der Waals surface area contributed by atoms with E-state index >= 15 is 0 Å². The third-order valence-corrected chi connectivity index (χ3v) is 4.10. The second-order valence-electron chi connectivity index (χ2n) is 4.34. The Morgan fingerprint density at radius 1 is 1.25 bits per heavy atom. The molecule has 0 aliphatic heterocycles. The van der Waals surface area contributed by atoms with Crippen LogP contribution in [0.4, 0.5) is 0 Å². The molecule has 1 aromatic carbocycles. The van der Waals surface area contributed by atoms with Gasteiger partial charge >= 0.3 is 0 Å². The summed E-state index contributed by atoms with van der Waals surface area (Å²) in [5.74, 6) is -0.0587. The lowest BCUT2D eigenvalue weighted by molar-refractivity contribution is 0.0954. The third kappa shape index (κ3) is 4.34. The molecule has 1 heterocycles. The highest BCUT2D eigenvalue weighted by Crippen LogP contribution is 2.21. The first-order valence-corrected chi connectivity index (χ1v) is 7.49. The van der Waals surface area contributed by atoms with Crippen LogP contribution in [0.3, 0.4) is 0 Å². The number of halogens is 1. The molecule has 20 heavy (non-hydrogen) atoms. The number of carbonyl (C=O) groups excluding carboxylic acids is 1. The van der Waals surface area contributed by atoms with Crippen LogP contribution < -0.4 is 5.32 Å². The highest BCUT2D eigenvalue weighted by Gasteiger charge is 2.05. The molecule has 0 atom stereocenters. The van der Waals surface area contributed by atoms with Gasteiger partial charge in [0.15, 0.2) is 0 Å². The maximum absolute atomic E-state index is 11.9. The maximum atomic E-state index is 11.9. The monoisotopic (exact) mass is 309 g/mol. The summed E-state index contributed by atoms with van der Waals surface area (Å²) in [6.45, 7) is 1.16. The first-order valence-electron chi connectivity index (χ1n) is 6.29. The van der Waals surface area contributed by atoms with E-state index < -0.39 is 0 Å². The Labute approximate surface area is 127 Å². The van der Waals surface area contributed by atoms with E-state index in [1.807, 2.05) is 36.4 Å². The number of nitrogens with one attached hydrogen (secondary N) is 1. The molecular weight excluding hydrogens is 294 g/mol. The van der Waals surface area contributed by atoms with E-state index in [-0.39, 0.29) is 5.91 Å². The van der Waals surface area contributed by atoms with Gasteiger partial charge in [-0.25, -0.2) is 0 Å². The first-order chi connectivity index (χ1) is 9.69. The fourth-order valence-electron chi connectivity index (χ4n) is 1.81. The van der Waals surface area contributed by atoms with Crippen molar-refractivity contribution >= 4 is 28.8 Å². The Bertz CT molecular complexity index is 566. The number of carbonyl (C=O) groups is 1. The van der Waals surface area contributed by atoms with Crippen LogP contribution >= 0.6 is 22.9 Å². The molecule has 0 saturated heterocycles. The minimum absolute atomic E-state index is 0.0587. The zero-order valence-electron chi connectivity index (χ0n) is 11.2. The topological polar surface area (TPSA) is 38.3 Å². The summed E-state index contributed by atoms with van der Waals surface area (Å²) in [4.78, 5) is 13.1. The molecule has 3 nitrogen and oxygen atoms in total. The van der Waals surface area contributed by atoms with E-state index in [4.69, 9.17) is 16.3 Å². The number of hydrogen-bond donors (Lipinski definition) is 1. The van der Waals surface area contributed by atoms with E-state index in [9.17, 15) is 4.79 Å². The molecule has 0 aliphatic rings. The summed E-state index contributed by atoms with van der Waals surface area (Å²) in [5.41, 5.74) is 1.71. The normalized spacial score (nSPS) is 10.5. The molecule has 0 aliphatic carbocycles. The molecule has 1 N–H and O–H groups in total. The van der Waals surface area contributed by atoms with Gasteiger partial charge in [-0.15, -0.1) is 11.3 Å². The van der Waals surface area contributed by atoms with Gasteiger partial charge in [-0.3, -0.25) is 4.79 Å². The number of benzene rings is 1. The van der Waals surface area contributed by atoms with Gasteiger partial charge in [-0.05, 0) is 36.2 Å². The van der Waals surface area contributed by atoms with Crippen molar-refractivity contribution in [2.24, 2.45) is 0 Å². The van der Waals surface area contributed by atoms with E-state index in [1.165, 1.54) is 4.88 Å². The predicted molar refractivity (Wildman–Crippen MR) is 82.5 cm³/mol. The van der Waals surface area contributed by atoms with Crippen molar-refractivity contribution in [2.45, 2.75) is 13.0 Å². The molecule has 0 fully saturated rings. The Balaban J connectivity index is 1.82. The average molecular weight is 310 g/mol. The predicted octanol–water partition coefficient (Wildman–Crippen LogP) is 3.52. The van der Waals surface area contributed by atoms with Gasteiger partial charge in [-0.2, -0.15) is 0 Å². The van der Waals surface area contributed by atoms with Gasteiger partial charge in [0.25, 0.3) is 5.91 Å². The SMILES string of the molecule is COCc1ccc(C(=O)NCCc2ccc(Cl)s2)cc1. The Morgan fingerprint density at radius 3 is 2.60 bits per heavy atom. The van der Waals surface area contributed by atoms with Crippen molar-refractivity contribution < 1.29 is 9.53 Å². The van der Waals surface area contributed by atoms with Crippen molar-refractivity contribution in [1.29, 1.82) is 0 Å². The van der Waals surface area contributed by atoms with Crippen LogP contribution in [0, 0.1) is 0 Å². The largest absolute Gasteiger partial charge is 0.380 e. The first kappa shape index (κ1) is 15.0. The van der Waals surface area contributed by atoms with Gasteiger partial charge in [0.2, 0.25) is 0 Å². The van der Waals surface area contributed by atoms with Crippen LogP contribution in [0.25, 0.3) is 0 Å². The standard InChI is InChI=1S/C15H16ClNO2S/c1-19-10-11-2-4-12(5-3-11)15(18)17-9-8-13-6-7-14(16)20-13/h2-7H,8-10H2,1H3,(H,17,18). The molecule has 2 rings (SSSR count). The highest BCUT2D eigenvalue weighted by molar-refractivity contribution is 7.16. The van der Waals surface area contributed by atoms with Gasteiger partial charge in [0, 0.05) is 24.1 Å². The molecule has 1 amide bonds. The molecule has 1 aromatic heterocycles. The van der Waals surface area contributed by atoms with Crippen LogP contribution in [-0.4, -0.2) is 19.6 Å². The number of amides is 1. The lowest BCUT2D eigenvalue weighted by Crippen LogP contribution is -2.25. The smallest absolute Gasteiger partial charge is 0.251 e. The highest BCUT2D eigenvalue weighted by atomic mass is 35.5. The molecule has 106 valence electrons. The molecule has 0 bridgehead atoms. The molecular formula is C15H16ClNO2S. The van der Waals surface area contributed by atoms with Crippen LogP contribution in [0.15, 0.2) is 36.4 Å². The summed E-state index contributed by atoms with van der Waals surface area (Å²) in [7, 11) is 1.65.